The number of aryl methyl sites for hydroxylation is 1. The zero-order chi connectivity index (χ0) is 13.8. The normalized spacial score (nSPS) is 11.2. The average molecular weight is 352 g/mol. The number of rotatable bonds is 5. The molecule has 0 aliphatic carbocycles. The largest absolute Gasteiger partial charge is 0.458 e. The number of nitrogens with two attached hydrogens (primary N) is 1. The molecule has 2 aromatic rings. The minimum Gasteiger partial charge on any atom is -0.458 e. The monoisotopic (exact) mass is 351 g/mol. The first kappa shape index (κ1) is 19.9. The second kappa shape index (κ2) is 9.04. The van der Waals surface area contributed by atoms with Crippen LogP contribution in [0, 0.1) is 12.8 Å². The standard InChI is InChI=1S/C13H17N3O2S.2ClH/c1-8(5-14)13(17)15-6-10-3-4-12(18-10)11-7-19-9(2)16-11;;/h3-4,7-8H,5-6,14H2,1-2H3,(H,15,17);2*1H. The molecule has 0 saturated carbocycles. The molecule has 1 unspecified atom stereocenters. The fraction of sp³-hybridized carbons (Fsp3) is 0.385. The number of halogens is 2. The summed E-state index contributed by atoms with van der Waals surface area (Å²) in [6.07, 6.45) is 0. The summed E-state index contributed by atoms with van der Waals surface area (Å²) >= 11 is 1.58. The summed E-state index contributed by atoms with van der Waals surface area (Å²) in [7, 11) is 0. The van der Waals surface area contributed by atoms with Crippen molar-refractivity contribution in [3.8, 4) is 11.5 Å². The molecule has 1 amide bonds. The van der Waals surface area contributed by atoms with Crippen LogP contribution in [-0.4, -0.2) is 17.4 Å². The highest BCUT2D eigenvalue weighted by Crippen LogP contribution is 2.23. The quantitative estimate of drug-likeness (QED) is 0.867. The van der Waals surface area contributed by atoms with Crippen LogP contribution in [-0.2, 0) is 11.3 Å². The summed E-state index contributed by atoms with van der Waals surface area (Å²) in [6, 6.07) is 3.71. The highest BCUT2D eigenvalue weighted by atomic mass is 35.5. The van der Waals surface area contributed by atoms with Gasteiger partial charge in [-0.1, -0.05) is 6.92 Å². The lowest BCUT2D eigenvalue weighted by atomic mass is 10.2. The zero-order valence-electron chi connectivity index (χ0n) is 11.8. The Kier molecular flexibility index (Phi) is 8.58. The van der Waals surface area contributed by atoms with Gasteiger partial charge in [0.05, 0.1) is 11.6 Å². The van der Waals surface area contributed by atoms with Crippen LogP contribution in [0.4, 0.5) is 0 Å². The van der Waals surface area contributed by atoms with E-state index in [0.717, 1.165) is 16.5 Å². The number of thiazole rings is 1. The maximum atomic E-state index is 11.6. The molecule has 8 heteroatoms. The van der Waals surface area contributed by atoms with Gasteiger partial charge in [-0.05, 0) is 19.1 Å². The lowest BCUT2D eigenvalue weighted by molar-refractivity contribution is -0.124. The minimum atomic E-state index is -0.185. The van der Waals surface area contributed by atoms with Gasteiger partial charge in [0.15, 0.2) is 5.76 Å². The summed E-state index contributed by atoms with van der Waals surface area (Å²) in [5, 5.41) is 5.74. The van der Waals surface area contributed by atoms with Gasteiger partial charge in [-0.25, -0.2) is 4.98 Å². The van der Waals surface area contributed by atoms with Crippen molar-refractivity contribution in [2.45, 2.75) is 20.4 Å². The van der Waals surface area contributed by atoms with Gasteiger partial charge in [0.25, 0.3) is 0 Å². The number of amides is 1. The first-order chi connectivity index (χ1) is 9.10. The Morgan fingerprint density at radius 1 is 1.48 bits per heavy atom. The average Bonchev–Trinajstić information content (AvgIpc) is 3.03. The van der Waals surface area contributed by atoms with Crippen LogP contribution in [0.3, 0.4) is 0 Å². The van der Waals surface area contributed by atoms with Gasteiger partial charge >= 0.3 is 0 Å². The van der Waals surface area contributed by atoms with E-state index in [-0.39, 0.29) is 36.6 Å². The van der Waals surface area contributed by atoms with Gasteiger partial charge in [0.2, 0.25) is 5.91 Å². The SMILES string of the molecule is Cc1nc(-c2ccc(CNC(=O)C(C)CN)o2)cs1.Cl.Cl. The lowest BCUT2D eigenvalue weighted by Crippen LogP contribution is -2.32. The molecule has 0 aliphatic heterocycles. The van der Waals surface area contributed by atoms with Gasteiger partial charge in [-0.2, -0.15) is 0 Å². The van der Waals surface area contributed by atoms with Crippen LogP contribution in [0.1, 0.15) is 17.7 Å². The van der Waals surface area contributed by atoms with Crippen molar-refractivity contribution >= 4 is 42.1 Å². The van der Waals surface area contributed by atoms with E-state index in [4.69, 9.17) is 10.2 Å². The molecule has 2 rings (SSSR count). The van der Waals surface area contributed by atoms with E-state index in [1.165, 1.54) is 0 Å². The fourth-order valence-electron chi connectivity index (χ4n) is 1.54. The van der Waals surface area contributed by atoms with Crippen LogP contribution < -0.4 is 11.1 Å². The predicted octanol–water partition coefficient (Wildman–Crippen LogP) is 2.77. The number of nitrogens with zero attached hydrogens (tertiary/aromatic N) is 1. The van der Waals surface area contributed by atoms with Gasteiger partial charge in [-0.15, -0.1) is 36.2 Å². The maximum Gasteiger partial charge on any atom is 0.224 e. The second-order valence-electron chi connectivity index (χ2n) is 4.37. The van der Waals surface area contributed by atoms with Crippen LogP contribution in [0.5, 0.6) is 0 Å². The van der Waals surface area contributed by atoms with E-state index in [1.54, 1.807) is 18.3 Å². The van der Waals surface area contributed by atoms with Crippen LogP contribution >= 0.6 is 36.2 Å². The predicted molar refractivity (Wildman–Crippen MR) is 89.1 cm³/mol. The first-order valence-corrected chi connectivity index (χ1v) is 6.97. The second-order valence-corrected chi connectivity index (χ2v) is 5.43. The smallest absolute Gasteiger partial charge is 0.224 e. The van der Waals surface area contributed by atoms with Crippen molar-refractivity contribution in [1.82, 2.24) is 10.3 Å². The highest BCUT2D eigenvalue weighted by Gasteiger charge is 2.12. The van der Waals surface area contributed by atoms with Crippen molar-refractivity contribution in [1.29, 1.82) is 0 Å². The number of carbonyl (C=O) groups is 1. The molecule has 118 valence electrons. The minimum absolute atomic E-state index is 0. The molecule has 21 heavy (non-hydrogen) atoms. The summed E-state index contributed by atoms with van der Waals surface area (Å²) in [6.45, 7) is 4.45. The molecule has 0 radical (unpaired) electrons. The number of nitrogens with one attached hydrogen (secondary N) is 1. The molecular formula is C13H19Cl2N3O2S. The van der Waals surface area contributed by atoms with Crippen molar-refractivity contribution in [2.24, 2.45) is 11.7 Å². The van der Waals surface area contributed by atoms with Gasteiger partial charge in [0, 0.05) is 17.8 Å². The Morgan fingerprint density at radius 3 is 2.76 bits per heavy atom. The van der Waals surface area contributed by atoms with Gasteiger partial charge < -0.3 is 15.5 Å². The van der Waals surface area contributed by atoms with Crippen molar-refractivity contribution in [2.75, 3.05) is 6.54 Å². The molecule has 0 aromatic carbocycles. The first-order valence-electron chi connectivity index (χ1n) is 6.09. The van der Waals surface area contributed by atoms with Crippen LogP contribution in [0.25, 0.3) is 11.5 Å². The Balaban J connectivity index is 0.00000200. The summed E-state index contributed by atoms with van der Waals surface area (Å²) in [5.41, 5.74) is 6.26. The van der Waals surface area contributed by atoms with E-state index >= 15 is 0 Å². The molecule has 0 fully saturated rings. The van der Waals surface area contributed by atoms with Crippen LogP contribution in [0.2, 0.25) is 0 Å². The summed E-state index contributed by atoms with van der Waals surface area (Å²) in [4.78, 5) is 15.9. The zero-order valence-corrected chi connectivity index (χ0v) is 14.2. The van der Waals surface area contributed by atoms with E-state index in [2.05, 4.69) is 10.3 Å². The van der Waals surface area contributed by atoms with Gasteiger partial charge in [0.1, 0.15) is 11.5 Å². The van der Waals surface area contributed by atoms with Crippen molar-refractivity contribution < 1.29 is 9.21 Å². The molecule has 0 spiro atoms. The molecule has 2 heterocycles. The number of aromatic nitrogens is 1. The maximum absolute atomic E-state index is 11.6. The third kappa shape index (κ3) is 5.32. The third-order valence-corrected chi connectivity index (χ3v) is 3.54. The molecule has 1 atom stereocenters. The molecule has 5 nitrogen and oxygen atoms in total. The topological polar surface area (TPSA) is 81.2 Å². The molecular weight excluding hydrogens is 333 g/mol. The van der Waals surface area contributed by atoms with Crippen molar-refractivity contribution in [3.63, 3.8) is 0 Å². The van der Waals surface area contributed by atoms with Crippen molar-refractivity contribution in [3.05, 3.63) is 28.3 Å². The van der Waals surface area contributed by atoms with E-state index in [0.29, 0.717) is 18.8 Å². The van der Waals surface area contributed by atoms with E-state index < -0.39 is 0 Å². The van der Waals surface area contributed by atoms with Crippen LogP contribution in [0.15, 0.2) is 21.9 Å². The molecule has 0 aliphatic rings. The highest BCUT2D eigenvalue weighted by molar-refractivity contribution is 7.09. The van der Waals surface area contributed by atoms with E-state index in [1.807, 2.05) is 24.4 Å². The molecule has 3 N–H and O–H groups in total. The number of hydrogen-bond acceptors (Lipinski definition) is 5. The Hall–Kier alpha value is -1.08. The van der Waals surface area contributed by atoms with E-state index in [9.17, 15) is 4.79 Å². The fourth-order valence-corrected chi connectivity index (χ4v) is 2.14. The third-order valence-electron chi connectivity index (χ3n) is 2.77. The summed E-state index contributed by atoms with van der Waals surface area (Å²) < 4.78 is 5.65. The number of furan rings is 1. The van der Waals surface area contributed by atoms with Gasteiger partial charge in [-0.3, -0.25) is 4.79 Å². The Morgan fingerprint density at radius 2 is 2.19 bits per heavy atom. The lowest BCUT2D eigenvalue weighted by Gasteiger charge is -2.08. The molecule has 0 saturated heterocycles. The molecule has 0 bridgehead atoms. The Labute approximate surface area is 140 Å². The number of carbonyl (C=O) groups excluding carboxylic acids is 1. The molecule has 2 aromatic heterocycles. The summed E-state index contributed by atoms with van der Waals surface area (Å²) in [5.74, 6) is 1.18. The number of hydrogen-bond donors (Lipinski definition) is 2. The Bertz CT molecular complexity index is 571.